The van der Waals surface area contributed by atoms with Crippen molar-refractivity contribution in [2.24, 2.45) is 0 Å². The van der Waals surface area contributed by atoms with Gasteiger partial charge in [0.25, 0.3) is 0 Å². The van der Waals surface area contributed by atoms with E-state index in [1.165, 1.54) is 10.1 Å². The molecular formula is C21H21N5O2S. The van der Waals surface area contributed by atoms with Crippen LogP contribution < -0.4 is 5.69 Å². The highest BCUT2D eigenvalue weighted by Gasteiger charge is 2.32. The van der Waals surface area contributed by atoms with E-state index in [1.54, 1.807) is 28.3 Å². The summed E-state index contributed by atoms with van der Waals surface area (Å²) < 4.78 is 9.19. The van der Waals surface area contributed by atoms with E-state index < -0.39 is 0 Å². The molecule has 4 aromatic heterocycles. The molecule has 5 rings (SSSR count). The lowest BCUT2D eigenvalue weighted by atomic mass is 9.94. The number of rotatable bonds is 3. The summed E-state index contributed by atoms with van der Waals surface area (Å²) in [6.45, 7) is 11.1. The normalized spacial score (nSPS) is 15.7. The molecule has 0 radical (unpaired) electrons. The first-order chi connectivity index (χ1) is 13.8. The maximum Gasteiger partial charge on any atom is 0.352 e. The van der Waals surface area contributed by atoms with Crippen LogP contribution in [-0.4, -0.2) is 29.8 Å². The number of ether oxygens (including phenoxy) is 1. The number of thiophene rings is 1. The van der Waals surface area contributed by atoms with E-state index in [9.17, 15) is 4.79 Å². The van der Waals surface area contributed by atoms with Crippen molar-refractivity contribution >= 4 is 27.2 Å². The third-order valence-electron chi connectivity index (χ3n) is 5.10. The number of allylic oxidation sites excluding steroid dienone is 1. The predicted molar refractivity (Wildman–Crippen MR) is 113 cm³/mol. The molecule has 1 aliphatic heterocycles. The topological polar surface area (TPSA) is 74.3 Å². The fraction of sp³-hybridized carbons (Fsp3) is 0.333. The molecule has 8 heteroatoms. The molecule has 0 N–H and O–H groups in total. The van der Waals surface area contributed by atoms with Crippen LogP contribution in [0.4, 0.5) is 0 Å². The highest BCUT2D eigenvalue weighted by atomic mass is 32.1. The van der Waals surface area contributed by atoms with Crippen LogP contribution in [0.2, 0.25) is 0 Å². The van der Waals surface area contributed by atoms with E-state index in [2.05, 4.69) is 30.5 Å². The van der Waals surface area contributed by atoms with Gasteiger partial charge in [0.15, 0.2) is 11.5 Å². The lowest BCUT2D eigenvalue weighted by molar-refractivity contribution is -0.0379. The fourth-order valence-electron chi connectivity index (χ4n) is 3.79. The van der Waals surface area contributed by atoms with Crippen molar-refractivity contribution in [3.63, 3.8) is 0 Å². The SMILES string of the molecule is C=C(C)Cn1c(=O)n2nc(-c3cccnc3)nc2c2c3c(sc21)COC(C)(C)C3. The summed E-state index contributed by atoms with van der Waals surface area (Å²) in [4.78, 5) is 24.3. The Morgan fingerprint density at radius 3 is 2.97 bits per heavy atom. The van der Waals surface area contributed by atoms with Crippen LogP contribution in [0.25, 0.3) is 27.3 Å². The molecule has 0 aliphatic carbocycles. The Balaban J connectivity index is 1.88. The van der Waals surface area contributed by atoms with Crippen molar-refractivity contribution in [3.8, 4) is 11.4 Å². The predicted octanol–water partition coefficient (Wildman–Crippen LogP) is 3.60. The smallest absolute Gasteiger partial charge is 0.352 e. The van der Waals surface area contributed by atoms with E-state index >= 15 is 0 Å². The molecule has 148 valence electrons. The van der Waals surface area contributed by atoms with E-state index in [4.69, 9.17) is 9.72 Å². The van der Waals surface area contributed by atoms with Gasteiger partial charge >= 0.3 is 5.69 Å². The van der Waals surface area contributed by atoms with Gasteiger partial charge in [-0.3, -0.25) is 9.55 Å². The van der Waals surface area contributed by atoms with Crippen molar-refractivity contribution in [1.82, 2.24) is 24.1 Å². The monoisotopic (exact) mass is 407 g/mol. The minimum atomic E-state index is -0.264. The second kappa shape index (κ2) is 6.33. The Hall–Kier alpha value is -2.84. The number of fused-ring (bicyclic) bond motifs is 5. The largest absolute Gasteiger partial charge is 0.370 e. The summed E-state index contributed by atoms with van der Waals surface area (Å²) in [6.07, 6.45) is 4.17. The molecule has 0 atom stereocenters. The van der Waals surface area contributed by atoms with Gasteiger partial charge in [-0.25, -0.2) is 9.78 Å². The maximum atomic E-state index is 13.3. The lowest BCUT2D eigenvalue weighted by Gasteiger charge is -2.30. The van der Waals surface area contributed by atoms with E-state index in [0.29, 0.717) is 24.6 Å². The Morgan fingerprint density at radius 2 is 2.24 bits per heavy atom. The van der Waals surface area contributed by atoms with Gasteiger partial charge in [-0.2, -0.15) is 4.52 Å². The summed E-state index contributed by atoms with van der Waals surface area (Å²) in [6, 6.07) is 3.73. The Morgan fingerprint density at radius 1 is 1.41 bits per heavy atom. The molecule has 0 aromatic carbocycles. The van der Waals surface area contributed by atoms with Gasteiger partial charge in [-0.05, 0) is 38.5 Å². The summed E-state index contributed by atoms with van der Waals surface area (Å²) in [5.41, 5.74) is 3.01. The van der Waals surface area contributed by atoms with Gasteiger partial charge in [0.1, 0.15) is 4.83 Å². The average molecular weight is 407 g/mol. The van der Waals surface area contributed by atoms with E-state index in [1.807, 2.05) is 19.1 Å². The van der Waals surface area contributed by atoms with Crippen LogP contribution in [0.1, 0.15) is 31.2 Å². The number of aromatic nitrogens is 5. The van der Waals surface area contributed by atoms with Gasteiger partial charge in [0, 0.05) is 35.8 Å². The van der Waals surface area contributed by atoms with Crippen LogP contribution in [-0.2, 0) is 24.3 Å². The quantitative estimate of drug-likeness (QED) is 0.485. The average Bonchev–Trinajstić information content (AvgIpc) is 3.26. The summed E-state index contributed by atoms with van der Waals surface area (Å²) in [5, 5.41) is 5.53. The Bertz CT molecular complexity index is 1330. The first-order valence-corrected chi connectivity index (χ1v) is 10.3. The number of hydrogen-bond donors (Lipinski definition) is 0. The van der Waals surface area contributed by atoms with Gasteiger partial charge in [-0.1, -0.05) is 12.2 Å². The fourth-order valence-corrected chi connectivity index (χ4v) is 5.01. The molecule has 0 amide bonds. The molecule has 4 aromatic rings. The minimum absolute atomic E-state index is 0.211. The number of nitrogens with zero attached hydrogens (tertiary/aromatic N) is 5. The molecule has 1 aliphatic rings. The van der Waals surface area contributed by atoms with Crippen molar-refractivity contribution in [1.29, 1.82) is 0 Å². The van der Waals surface area contributed by atoms with E-state index in [0.717, 1.165) is 32.7 Å². The van der Waals surface area contributed by atoms with Crippen LogP contribution in [0.3, 0.4) is 0 Å². The summed E-state index contributed by atoms with van der Waals surface area (Å²) >= 11 is 1.61. The third-order valence-corrected chi connectivity index (χ3v) is 6.33. The molecule has 7 nitrogen and oxygen atoms in total. The Labute approximate surface area is 171 Å². The van der Waals surface area contributed by atoms with Crippen LogP contribution >= 0.6 is 11.3 Å². The zero-order valence-electron chi connectivity index (χ0n) is 16.6. The van der Waals surface area contributed by atoms with Gasteiger partial charge in [0.2, 0.25) is 0 Å². The Kier molecular flexibility index (Phi) is 3.97. The maximum absolute atomic E-state index is 13.3. The van der Waals surface area contributed by atoms with Gasteiger partial charge in [0.05, 0.1) is 17.6 Å². The van der Waals surface area contributed by atoms with Gasteiger partial charge < -0.3 is 4.74 Å². The lowest BCUT2D eigenvalue weighted by Crippen LogP contribution is -2.31. The first-order valence-electron chi connectivity index (χ1n) is 9.46. The highest BCUT2D eigenvalue weighted by molar-refractivity contribution is 7.19. The highest BCUT2D eigenvalue weighted by Crippen LogP contribution is 2.40. The van der Waals surface area contributed by atoms with Crippen molar-refractivity contribution in [3.05, 3.63) is 57.6 Å². The molecule has 0 fully saturated rings. The third kappa shape index (κ3) is 2.90. The summed E-state index contributed by atoms with van der Waals surface area (Å²) in [7, 11) is 0. The van der Waals surface area contributed by atoms with Crippen LogP contribution in [0.15, 0.2) is 41.5 Å². The number of hydrogen-bond acceptors (Lipinski definition) is 6. The zero-order chi connectivity index (χ0) is 20.3. The molecule has 0 unspecified atom stereocenters. The molecular weight excluding hydrogens is 386 g/mol. The molecule has 0 bridgehead atoms. The zero-order valence-corrected chi connectivity index (χ0v) is 17.4. The first kappa shape index (κ1) is 18.2. The molecule has 29 heavy (non-hydrogen) atoms. The molecule has 5 heterocycles. The van der Waals surface area contributed by atoms with Crippen molar-refractivity contribution in [2.45, 2.75) is 45.9 Å². The molecule has 0 saturated heterocycles. The number of pyridine rings is 1. The minimum Gasteiger partial charge on any atom is -0.370 e. The van der Waals surface area contributed by atoms with Crippen LogP contribution in [0.5, 0.6) is 0 Å². The van der Waals surface area contributed by atoms with E-state index in [-0.39, 0.29) is 11.3 Å². The van der Waals surface area contributed by atoms with Crippen molar-refractivity contribution < 1.29 is 4.74 Å². The summed E-state index contributed by atoms with van der Waals surface area (Å²) in [5.74, 6) is 0.496. The second-order valence-electron chi connectivity index (χ2n) is 8.15. The van der Waals surface area contributed by atoms with Gasteiger partial charge in [-0.15, -0.1) is 16.4 Å². The molecule has 0 spiro atoms. The standard InChI is InChI=1S/C21H21N5O2S/c1-12(2)10-25-19-16(14-8-21(3,4)28-11-15(14)29-19)18-23-17(24-26(18)20(25)27)13-6-5-7-22-9-13/h5-7,9H,1,8,10-11H2,2-4H3. The second-order valence-corrected chi connectivity index (χ2v) is 9.23. The molecule has 0 saturated carbocycles. The van der Waals surface area contributed by atoms with Crippen molar-refractivity contribution in [2.75, 3.05) is 0 Å². The van der Waals surface area contributed by atoms with Crippen LogP contribution in [0, 0.1) is 0 Å².